The van der Waals surface area contributed by atoms with Crippen LogP contribution >= 0.6 is 0 Å². The number of carbonyl (C=O) groups is 2. The van der Waals surface area contributed by atoms with E-state index >= 15 is 0 Å². The SMILES string of the molecule is CCCCCCNC1=CC(=O)c2c(O)c(NCCCCCC)cc(O)c2C1=O. The van der Waals surface area contributed by atoms with Crippen molar-refractivity contribution in [2.45, 2.75) is 65.2 Å². The van der Waals surface area contributed by atoms with E-state index in [2.05, 4.69) is 24.5 Å². The van der Waals surface area contributed by atoms with Gasteiger partial charge in [0.2, 0.25) is 5.78 Å². The highest BCUT2D eigenvalue weighted by atomic mass is 16.3. The van der Waals surface area contributed by atoms with Crippen LogP contribution in [0.2, 0.25) is 0 Å². The molecule has 0 aliphatic heterocycles. The van der Waals surface area contributed by atoms with Gasteiger partial charge in [0.05, 0.1) is 22.5 Å². The van der Waals surface area contributed by atoms with Gasteiger partial charge in [-0.15, -0.1) is 0 Å². The highest BCUT2D eigenvalue weighted by Gasteiger charge is 2.32. The van der Waals surface area contributed by atoms with Crippen LogP contribution in [0.1, 0.15) is 85.9 Å². The molecule has 154 valence electrons. The van der Waals surface area contributed by atoms with Crippen molar-refractivity contribution >= 4 is 17.3 Å². The van der Waals surface area contributed by atoms with Crippen LogP contribution in [-0.4, -0.2) is 34.9 Å². The Hall–Kier alpha value is -2.50. The molecule has 1 aliphatic rings. The van der Waals surface area contributed by atoms with Crippen molar-refractivity contribution in [1.82, 2.24) is 5.32 Å². The van der Waals surface area contributed by atoms with Gasteiger partial charge in [0.25, 0.3) is 0 Å². The number of ketones is 2. The molecule has 1 aromatic carbocycles. The number of rotatable bonds is 12. The standard InChI is InChI=1S/C22H32N2O4/c1-3-5-7-9-11-23-15-13-17(25)20-19(21(15)27)18(26)14-16(22(20)28)24-12-10-8-6-4-2/h13-14,23-25,27H,3-12H2,1-2H3. The van der Waals surface area contributed by atoms with Gasteiger partial charge in [0.15, 0.2) is 11.5 Å². The van der Waals surface area contributed by atoms with Crippen molar-refractivity contribution in [3.8, 4) is 11.5 Å². The fraction of sp³-hybridized carbons (Fsp3) is 0.545. The van der Waals surface area contributed by atoms with Crippen LogP contribution in [0.4, 0.5) is 5.69 Å². The van der Waals surface area contributed by atoms with Gasteiger partial charge < -0.3 is 20.8 Å². The number of fused-ring (bicyclic) bond motifs is 1. The van der Waals surface area contributed by atoms with Crippen LogP contribution in [0.5, 0.6) is 11.5 Å². The zero-order chi connectivity index (χ0) is 20.5. The molecule has 1 aliphatic carbocycles. The maximum atomic E-state index is 12.7. The van der Waals surface area contributed by atoms with Crippen molar-refractivity contribution in [1.29, 1.82) is 0 Å². The average Bonchev–Trinajstić information content (AvgIpc) is 2.67. The van der Waals surface area contributed by atoms with E-state index in [0.717, 1.165) is 51.4 Å². The van der Waals surface area contributed by atoms with Crippen LogP contribution in [0.25, 0.3) is 0 Å². The molecule has 0 spiro atoms. The van der Waals surface area contributed by atoms with E-state index in [-0.39, 0.29) is 34.0 Å². The summed E-state index contributed by atoms with van der Waals surface area (Å²) in [7, 11) is 0. The quantitative estimate of drug-likeness (QED) is 0.239. The molecule has 0 radical (unpaired) electrons. The predicted octanol–water partition coefficient (Wildman–Crippen LogP) is 4.52. The second-order valence-corrected chi connectivity index (χ2v) is 7.27. The minimum atomic E-state index is -0.479. The van der Waals surface area contributed by atoms with Gasteiger partial charge in [-0.3, -0.25) is 9.59 Å². The zero-order valence-electron chi connectivity index (χ0n) is 16.9. The van der Waals surface area contributed by atoms with E-state index in [1.165, 1.54) is 12.1 Å². The Morgan fingerprint density at radius 1 is 0.821 bits per heavy atom. The van der Waals surface area contributed by atoms with Gasteiger partial charge in [-0.05, 0) is 12.8 Å². The molecule has 6 heteroatoms. The zero-order valence-corrected chi connectivity index (χ0v) is 16.9. The highest BCUT2D eigenvalue weighted by Crippen LogP contribution is 2.40. The first-order valence-electron chi connectivity index (χ1n) is 10.4. The summed E-state index contributed by atoms with van der Waals surface area (Å²) in [5.74, 6) is -1.51. The number of benzene rings is 1. The number of aromatic hydroxyl groups is 2. The van der Waals surface area contributed by atoms with Gasteiger partial charge in [-0.25, -0.2) is 0 Å². The van der Waals surface area contributed by atoms with Crippen molar-refractivity contribution < 1.29 is 19.8 Å². The van der Waals surface area contributed by atoms with E-state index < -0.39 is 11.6 Å². The van der Waals surface area contributed by atoms with Gasteiger partial charge in [0, 0.05) is 25.2 Å². The molecule has 0 atom stereocenters. The summed E-state index contributed by atoms with van der Waals surface area (Å²) in [6.45, 7) is 5.46. The third kappa shape index (κ3) is 5.27. The number of nitrogens with one attached hydrogen (secondary N) is 2. The molecular weight excluding hydrogens is 356 g/mol. The summed E-state index contributed by atoms with van der Waals surface area (Å²) in [4.78, 5) is 25.3. The van der Waals surface area contributed by atoms with Crippen molar-refractivity contribution in [3.63, 3.8) is 0 Å². The molecular formula is C22H32N2O4. The number of anilines is 1. The van der Waals surface area contributed by atoms with Crippen LogP contribution in [0, 0.1) is 0 Å². The third-order valence-electron chi connectivity index (χ3n) is 4.96. The summed E-state index contributed by atoms with van der Waals surface area (Å²) >= 11 is 0. The fourth-order valence-corrected chi connectivity index (χ4v) is 3.35. The predicted molar refractivity (Wildman–Crippen MR) is 111 cm³/mol. The number of carbonyl (C=O) groups excluding carboxylic acids is 2. The second-order valence-electron chi connectivity index (χ2n) is 7.27. The Labute approximate surface area is 167 Å². The molecule has 28 heavy (non-hydrogen) atoms. The maximum absolute atomic E-state index is 12.7. The lowest BCUT2D eigenvalue weighted by molar-refractivity contribution is 0.0973. The number of hydrogen-bond acceptors (Lipinski definition) is 6. The van der Waals surface area contributed by atoms with Crippen LogP contribution in [-0.2, 0) is 0 Å². The molecule has 0 fully saturated rings. The van der Waals surface area contributed by atoms with E-state index in [1.807, 2.05) is 0 Å². The number of hydrogen-bond donors (Lipinski definition) is 4. The molecule has 0 saturated carbocycles. The Kier molecular flexibility index (Phi) is 8.36. The lowest BCUT2D eigenvalue weighted by Gasteiger charge is -2.20. The molecule has 0 unspecified atom stereocenters. The van der Waals surface area contributed by atoms with Gasteiger partial charge in [-0.2, -0.15) is 0 Å². The van der Waals surface area contributed by atoms with Gasteiger partial charge >= 0.3 is 0 Å². The summed E-state index contributed by atoms with van der Waals surface area (Å²) in [6.07, 6.45) is 9.66. The number of phenols is 2. The smallest absolute Gasteiger partial charge is 0.213 e. The largest absolute Gasteiger partial charge is 0.507 e. The average molecular weight is 389 g/mol. The van der Waals surface area contributed by atoms with Gasteiger partial charge in [-0.1, -0.05) is 52.4 Å². The maximum Gasteiger partial charge on any atom is 0.213 e. The Morgan fingerprint density at radius 2 is 1.43 bits per heavy atom. The van der Waals surface area contributed by atoms with E-state index in [4.69, 9.17) is 0 Å². The Morgan fingerprint density at radius 3 is 2.04 bits per heavy atom. The number of unbranched alkanes of at least 4 members (excludes halogenated alkanes) is 6. The molecule has 0 saturated heterocycles. The molecule has 0 aromatic heterocycles. The van der Waals surface area contributed by atoms with Crippen LogP contribution in [0.15, 0.2) is 17.8 Å². The van der Waals surface area contributed by atoms with Crippen molar-refractivity contribution in [2.24, 2.45) is 0 Å². The number of Topliss-reactive ketones (excluding diaryl/α,β-unsaturated/α-hetero) is 1. The highest BCUT2D eigenvalue weighted by molar-refractivity contribution is 6.27. The number of phenolic OH excluding ortho intramolecular Hbond substituents is 2. The Bertz CT molecular complexity index is 741. The fourth-order valence-electron chi connectivity index (χ4n) is 3.35. The summed E-state index contributed by atoms with van der Waals surface area (Å²) in [6, 6.07) is 1.32. The lowest BCUT2D eigenvalue weighted by atomic mass is 9.90. The number of allylic oxidation sites excluding steroid dienone is 2. The molecule has 6 nitrogen and oxygen atoms in total. The Balaban J connectivity index is 2.12. The monoisotopic (exact) mass is 388 g/mol. The molecule has 0 amide bonds. The van der Waals surface area contributed by atoms with Crippen molar-refractivity contribution in [2.75, 3.05) is 18.4 Å². The topological polar surface area (TPSA) is 98.7 Å². The second kappa shape index (κ2) is 10.7. The molecule has 0 heterocycles. The summed E-state index contributed by atoms with van der Waals surface area (Å²) in [5.41, 5.74) is 0.192. The molecule has 1 aromatic rings. The third-order valence-corrected chi connectivity index (χ3v) is 4.96. The summed E-state index contributed by atoms with van der Waals surface area (Å²) in [5, 5.41) is 26.9. The molecule has 4 N–H and O–H groups in total. The van der Waals surface area contributed by atoms with Crippen LogP contribution < -0.4 is 10.6 Å². The van der Waals surface area contributed by atoms with E-state index in [9.17, 15) is 19.8 Å². The van der Waals surface area contributed by atoms with E-state index in [1.54, 1.807) is 0 Å². The lowest BCUT2D eigenvalue weighted by Crippen LogP contribution is -2.28. The molecule has 2 rings (SSSR count). The first-order chi connectivity index (χ1) is 13.5. The minimum Gasteiger partial charge on any atom is -0.507 e. The van der Waals surface area contributed by atoms with E-state index in [0.29, 0.717) is 13.1 Å². The first-order valence-corrected chi connectivity index (χ1v) is 10.4. The van der Waals surface area contributed by atoms with Gasteiger partial charge in [0.1, 0.15) is 5.75 Å². The molecule has 0 bridgehead atoms. The van der Waals surface area contributed by atoms with Crippen molar-refractivity contribution in [3.05, 3.63) is 29.0 Å². The normalized spacial score (nSPS) is 13.3. The van der Waals surface area contributed by atoms with Crippen LogP contribution in [0.3, 0.4) is 0 Å². The summed E-state index contributed by atoms with van der Waals surface area (Å²) < 4.78 is 0. The first kappa shape index (κ1) is 21.8. The minimum absolute atomic E-state index is 0.127.